The number of aromatic nitrogens is 3. The SMILES string of the molecule is CC(c1ccccc1)N1CCN(C(=O)Cn2cnn(C)c2=O)CC1. The Bertz CT molecular complexity index is 744. The van der Waals surface area contributed by atoms with Crippen molar-refractivity contribution in [3.05, 3.63) is 52.7 Å². The average molecular weight is 329 g/mol. The summed E-state index contributed by atoms with van der Waals surface area (Å²) in [6, 6.07) is 10.7. The smallest absolute Gasteiger partial charge is 0.339 e. The number of carbonyl (C=O) groups excluding carboxylic acids is 1. The van der Waals surface area contributed by atoms with Crippen LogP contribution in [-0.4, -0.2) is 56.2 Å². The Balaban J connectivity index is 1.56. The van der Waals surface area contributed by atoms with Gasteiger partial charge in [-0.05, 0) is 12.5 Å². The Kier molecular flexibility index (Phi) is 4.80. The molecule has 2 heterocycles. The van der Waals surface area contributed by atoms with Crippen LogP contribution < -0.4 is 5.69 Å². The molecule has 0 bridgehead atoms. The molecule has 2 aromatic rings. The van der Waals surface area contributed by atoms with Crippen molar-refractivity contribution in [2.75, 3.05) is 26.2 Å². The first-order valence-corrected chi connectivity index (χ1v) is 8.21. The van der Waals surface area contributed by atoms with Gasteiger partial charge in [-0.3, -0.25) is 14.3 Å². The maximum Gasteiger partial charge on any atom is 0.345 e. The summed E-state index contributed by atoms with van der Waals surface area (Å²) in [5.41, 5.74) is 1.03. The van der Waals surface area contributed by atoms with Gasteiger partial charge in [-0.15, -0.1) is 0 Å². The van der Waals surface area contributed by atoms with Crippen LogP contribution >= 0.6 is 0 Å². The highest BCUT2D eigenvalue weighted by Gasteiger charge is 2.25. The molecule has 1 atom stereocenters. The largest absolute Gasteiger partial charge is 0.345 e. The molecule has 0 aliphatic carbocycles. The number of nitrogens with zero attached hydrogens (tertiary/aromatic N) is 5. The second kappa shape index (κ2) is 7.00. The van der Waals surface area contributed by atoms with E-state index < -0.39 is 0 Å². The predicted octanol–water partition coefficient (Wildman–Crippen LogP) is 0.487. The second-order valence-electron chi connectivity index (χ2n) is 6.17. The summed E-state index contributed by atoms with van der Waals surface area (Å²) < 4.78 is 2.58. The van der Waals surface area contributed by atoms with Gasteiger partial charge in [0, 0.05) is 39.3 Å². The molecule has 24 heavy (non-hydrogen) atoms. The van der Waals surface area contributed by atoms with Gasteiger partial charge < -0.3 is 4.90 Å². The zero-order valence-corrected chi connectivity index (χ0v) is 14.1. The van der Waals surface area contributed by atoms with E-state index in [1.165, 1.54) is 21.1 Å². The van der Waals surface area contributed by atoms with Gasteiger partial charge in [0.05, 0.1) is 0 Å². The van der Waals surface area contributed by atoms with E-state index in [9.17, 15) is 9.59 Å². The molecule has 0 saturated carbocycles. The van der Waals surface area contributed by atoms with Crippen LogP contribution in [0.4, 0.5) is 0 Å². The zero-order chi connectivity index (χ0) is 17.1. The van der Waals surface area contributed by atoms with Crippen LogP contribution in [0.5, 0.6) is 0 Å². The molecule has 1 aromatic heterocycles. The molecule has 1 aromatic carbocycles. The van der Waals surface area contributed by atoms with Gasteiger partial charge in [0.15, 0.2) is 0 Å². The van der Waals surface area contributed by atoms with Crippen LogP contribution in [0.1, 0.15) is 18.5 Å². The van der Waals surface area contributed by atoms with Gasteiger partial charge in [0.25, 0.3) is 0 Å². The number of piperazine rings is 1. The summed E-state index contributed by atoms with van der Waals surface area (Å²) in [6.45, 7) is 5.30. The molecule has 7 nitrogen and oxygen atoms in total. The van der Waals surface area contributed by atoms with Crippen molar-refractivity contribution in [2.24, 2.45) is 7.05 Å². The monoisotopic (exact) mass is 329 g/mol. The number of carbonyl (C=O) groups is 1. The fourth-order valence-electron chi connectivity index (χ4n) is 3.08. The first-order chi connectivity index (χ1) is 11.6. The summed E-state index contributed by atoms with van der Waals surface area (Å²) in [6.07, 6.45) is 1.41. The van der Waals surface area contributed by atoms with Crippen molar-refractivity contribution in [1.29, 1.82) is 0 Å². The van der Waals surface area contributed by atoms with Crippen LogP contribution in [0.25, 0.3) is 0 Å². The number of benzene rings is 1. The fourth-order valence-corrected chi connectivity index (χ4v) is 3.08. The van der Waals surface area contributed by atoms with Gasteiger partial charge in [0.2, 0.25) is 5.91 Å². The van der Waals surface area contributed by atoms with Gasteiger partial charge in [-0.2, -0.15) is 5.10 Å². The summed E-state index contributed by atoms with van der Waals surface area (Å²) in [4.78, 5) is 28.4. The third-order valence-electron chi connectivity index (χ3n) is 4.69. The van der Waals surface area contributed by atoms with Crippen LogP contribution in [0.2, 0.25) is 0 Å². The molecule has 1 amide bonds. The van der Waals surface area contributed by atoms with E-state index in [-0.39, 0.29) is 18.1 Å². The molecule has 1 fully saturated rings. The van der Waals surface area contributed by atoms with Crippen molar-refractivity contribution < 1.29 is 4.79 Å². The summed E-state index contributed by atoms with van der Waals surface area (Å²) in [5.74, 6) is -0.0304. The van der Waals surface area contributed by atoms with E-state index in [0.29, 0.717) is 19.1 Å². The van der Waals surface area contributed by atoms with Gasteiger partial charge in [0.1, 0.15) is 12.9 Å². The maximum absolute atomic E-state index is 12.4. The Morgan fingerprint density at radius 3 is 2.42 bits per heavy atom. The number of amides is 1. The Labute approximate surface area is 141 Å². The Morgan fingerprint density at radius 1 is 1.17 bits per heavy atom. The van der Waals surface area contributed by atoms with E-state index in [1.807, 2.05) is 11.0 Å². The second-order valence-corrected chi connectivity index (χ2v) is 6.17. The first-order valence-electron chi connectivity index (χ1n) is 8.21. The molecule has 1 saturated heterocycles. The van der Waals surface area contributed by atoms with E-state index in [0.717, 1.165) is 13.1 Å². The maximum atomic E-state index is 12.4. The Morgan fingerprint density at radius 2 is 1.83 bits per heavy atom. The molecule has 1 aliphatic heterocycles. The van der Waals surface area contributed by atoms with Gasteiger partial charge >= 0.3 is 5.69 Å². The highest BCUT2D eigenvalue weighted by atomic mass is 16.2. The average Bonchev–Trinajstić information content (AvgIpc) is 2.94. The van der Waals surface area contributed by atoms with Gasteiger partial charge in [-0.25, -0.2) is 9.48 Å². The number of rotatable bonds is 4. The zero-order valence-electron chi connectivity index (χ0n) is 14.1. The van der Waals surface area contributed by atoms with E-state index >= 15 is 0 Å². The highest BCUT2D eigenvalue weighted by Crippen LogP contribution is 2.21. The van der Waals surface area contributed by atoms with Crippen molar-refractivity contribution in [3.8, 4) is 0 Å². The minimum Gasteiger partial charge on any atom is -0.339 e. The minimum absolute atomic E-state index is 0.0304. The topological polar surface area (TPSA) is 63.4 Å². The molecule has 0 spiro atoms. The molecule has 1 unspecified atom stereocenters. The third-order valence-corrected chi connectivity index (χ3v) is 4.69. The van der Waals surface area contributed by atoms with Crippen LogP contribution in [0.15, 0.2) is 41.5 Å². The molecule has 3 rings (SSSR count). The van der Waals surface area contributed by atoms with Crippen molar-refractivity contribution in [3.63, 3.8) is 0 Å². The van der Waals surface area contributed by atoms with Crippen LogP contribution in [-0.2, 0) is 18.4 Å². The lowest BCUT2D eigenvalue weighted by molar-refractivity contribution is -0.134. The molecule has 7 heteroatoms. The normalized spacial score (nSPS) is 17.0. The lowest BCUT2D eigenvalue weighted by atomic mass is 10.1. The Hall–Kier alpha value is -2.41. The fraction of sp³-hybridized carbons (Fsp3) is 0.471. The molecular formula is C17H23N5O2. The van der Waals surface area contributed by atoms with Crippen LogP contribution in [0, 0.1) is 0 Å². The number of hydrogen-bond donors (Lipinski definition) is 0. The molecule has 0 radical (unpaired) electrons. The van der Waals surface area contributed by atoms with E-state index in [2.05, 4.69) is 41.2 Å². The number of aryl methyl sites for hydroxylation is 1. The standard InChI is InChI=1S/C17H23N5O2/c1-14(15-6-4-3-5-7-15)20-8-10-21(11-9-20)16(23)12-22-13-18-19(2)17(22)24/h3-7,13-14H,8-12H2,1-2H3. The van der Waals surface area contributed by atoms with Crippen LogP contribution in [0.3, 0.4) is 0 Å². The molecular weight excluding hydrogens is 306 g/mol. The van der Waals surface area contributed by atoms with Crippen molar-refractivity contribution >= 4 is 5.91 Å². The van der Waals surface area contributed by atoms with E-state index in [4.69, 9.17) is 0 Å². The molecule has 0 N–H and O–H groups in total. The third kappa shape index (κ3) is 3.41. The minimum atomic E-state index is -0.264. The molecule has 128 valence electrons. The van der Waals surface area contributed by atoms with Crippen molar-refractivity contribution in [1.82, 2.24) is 24.1 Å². The van der Waals surface area contributed by atoms with Crippen molar-refractivity contribution in [2.45, 2.75) is 19.5 Å². The summed E-state index contributed by atoms with van der Waals surface area (Å²) >= 11 is 0. The predicted molar refractivity (Wildman–Crippen MR) is 90.5 cm³/mol. The summed E-state index contributed by atoms with van der Waals surface area (Å²) in [5, 5.41) is 3.87. The van der Waals surface area contributed by atoms with E-state index in [1.54, 1.807) is 7.05 Å². The lowest BCUT2D eigenvalue weighted by Crippen LogP contribution is -2.50. The van der Waals surface area contributed by atoms with Gasteiger partial charge in [-0.1, -0.05) is 30.3 Å². The summed E-state index contributed by atoms with van der Waals surface area (Å²) in [7, 11) is 1.58. The number of hydrogen-bond acceptors (Lipinski definition) is 4. The highest BCUT2D eigenvalue weighted by molar-refractivity contribution is 5.76. The molecule has 1 aliphatic rings. The first kappa shape index (κ1) is 16.4. The lowest BCUT2D eigenvalue weighted by Gasteiger charge is -2.38. The quantitative estimate of drug-likeness (QED) is 0.819.